The average Bonchev–Trinajstić information content (AvgIpc) is 3.28. The molecular formula is C25H32FN3O. The van der Waals surface area contributed by atoms with E-state index in [2.05, 4.69) is 15.2 Å². The van der Waals surface area contributed by atoms with Crippen LogP contribution in [0, 0.1) is 17.7 Å². The van der Waals surface area contributed by atoms with E-state index in [1.165, 1.54) is 31.7 Å². The fourth-order valence-corrected chi connectivity index (χ4v) is 5.01. The lowest BCUT2D eigenvalue weighted by Crippen LogP contribution is -2.41. The molecule has 1 saturated carbocycles. The van der Waals surface area contributed by atoms with Gasteiger partial charge in [-0.05, 0) is 68.8 Å². The van der Waals surface area contributed by atoms with Gasteiger partial charge in [-0.1, -0.05) is 37.1 Å². The molecule has 2 aromatic rings. The highest BCUT2D eigenvalue weighted by Gasteiger charge is 2.30. The van der Waals surface area contributed by atoms with Crippen LogP contribution < -0.4 is 5.32 Å². The van der Waals surface area contributed by atoms with Gasteiger partial charge in [0.15, 0.2) is 0 Å². The predicted molar refractivity (Wildman–Crippen MR) is 116 cm³/mol. The second kappa shape index (κ2) is 10.2. The molecule has 1 aliphatic heterocycles. The highest BCUT2D eigenvalue weighted by molar-refractivity contribution is 5.76. The molecule has 0 bridgehead atoms. The first kappa shape index (κ1) is 21.0. The molecule has 30 heavy (non-hydrogen) atoms. The lowest BCUT2D eigenvalue weighted by Gasteiger charge is -2.36. The number of nitrogens with zero attached hydrogens (tertiary/aromatic N) is 2. The number of likely N-dealkylation sites (tertiary alicyclic amines) is 1. The number of benzene rings is 1. The maximum Gasteiger partial charge on any atom is 0.220 e. The molecule has 2 fully saturated rings. The van der Waals surface area contributed by atoms with Crippen LogP contribution in [0.1, 0.15) is 62.2 Å². The molecule has 4 rings (SSSR count). The number of carbonyl (C=O) groups excluding carboxylic acids is 1. The van der Waals surface area contributed by atoms with E-state index in [4.69, 9.17) is 0 Å². The van der Waals surface area contributed by atoms with Gasteiger partial charge in [0, 0.05) is 24.7 Å². The van der Waals surface area contributed by atoms with Gasteiger partial charge in [0.05, 0.1) is 11.7 Å². The third-order valence-electron chi connectivity index (χ3n) is 6.73. The SMILES string of the molecule is O=C(CC1CCCC1)N[C@H](c1ccccn1)C1CCN(Cc2ccccc2F)CC1. The lowest BCUT2D eigenvalue weighted by molar-refractivity contribution is -0.123. The summed E-state index contributed by atoms with van der Waals surface area (Å²) < 4.78 is 14.0. The van der Waals surface area contributed by atoms with E-state index >= 15 is 0 Å². The molecule has 2 aliphatic rings. The Labute approximate surface area is 178 Å². The second-order valence-electron chi connectivity index (χ2n) is 8.86. The smallest absolute Gasteiger partial charge is 0.220 e. The average molecular weight is 410 g/mol. The number of rotatable bonds is 7. The van der Waals surface area contributed by atoms with Crippen molar-refractivity contribution in [2.75, 3.05) is 13.1 Å². The second-order valence-corrected chi connectivity index (χ2v) is 8.86. The van der Waals surface area contributed by atoms with Crippen molar-refractivity contribution in [3.8, 4) is 0 Å². The highest BCUT2D eigenvalue weighted by atomic mass is 19.1. The molecule has 4 nitrogen and oxygen atoms in total. The Balaban J connectivity index is 1.38. The molecule has 0 radical (unpaired) electrons. The fraction of sp³-hybridized carbons (Fsp3) is 0.520. The molecule has 5 heteroatoms. The molecule has 1 aromatic carbocycles. The van der Waals surface area contributed by atoms with Gasteiger partial charge < -0.3 is 5.32 Å². The molecule has 2 heterocycles. The highest BCUT2D eigenvalue weighted by Crippen LogP contribution is 2.32. The summed E-state index contributed by atoms with van der Waals surface area (Å²) in [6.07, 6.45) is 9.24. The van der Waals surface area contributed by atoms with Gasteiger partial charge in [0.25, 0.3) is 0 Å². The maximum absolute atomic E-state index is 14.0. The Morgan fingerprint density at radius 3 is 2.50 bits per heavy atom. The minimum Gasteiger partial charge on any atom is -0.347 e. The zero-order valence-corrected chi connectivity index (χ0v) is 17.6. The monoisotopic (exact) mass is 409 g/mol. The number of pyridine rings is 1. The first-order chi connectivity index (χ1) is 14.7. The number of nitrogens with one attached hydrogen (secondary N) is 1. The third kappa shape index (κ3) is 5.45. The van der Waals surface area contributed by atoms with Crippen molar-refractivity contribution in [1.29, 1.82) is 0 Å². The number of piperidine rings is 1. The summed E-state index contributed by atoms with van der Waals surface area (Å²) in [5.41, 5.74) is 1.70. The Morgan fingerprint density at radius 1 is 1.07 bits per heavy atom. The molecule has 1 atom stereocenters. The minimum atomic E-state index is -0.134. The van der Waals surface area contributed by atoms with Crippen molar-refractivity contribution >= 4 is 5.91 Å². The maximum atomic E-state index is 14.0. The van der Waals surface area contributed by atoms with Crippen LogP contribution in [-0.4, -0.2) is 28.9 Å². The molecule has 1 aromatic heterocycles. The molecule has 1 N–H and O–H groups in total. The summed E-state index contributed by atoms with van der Waals surface area (Å²) in [6, 6.07) is 12.9. The number of aromatic nitrogens is 1. The van der Waals surface area contributed by atoms with Crippen LogP contribution in [0.25, 0.3) is 0 Å². The fourth-order valence-electron chi connectivity index (χ4n) is 5.01. The number of hydrogen-bond acceptors (Lipinski definition) is 3. The van der Waals surface area contributed by atoms with Gasteiger partial charge in [0.2, 0.25) is 5.91 Å². The van der Waals surface area contributed by atoms with Gasteiger partial charge in [-0.15, -0.1) is 0 Å². The van der Waals surface area contributed by atoms with Crippen LogP contribution >= 0.6 is 0 Å². The van der Waals surface area contributed by atoms with Crippen molar-refractivity contribution < 1.29 is 9.18 Å². The summed E-state index contributed by atoms with van der Waals surface area (Å²) in [4.78, 5) is 19.6. The van der Waals surface area contributed by atoms with Gasteiger partial charge in [-0.2, -0.15) is 0 Å². The van der Waals surface area contributed by atoms with Crippen LogP contribution in [0.15, 0.2) is 48.7 Å². The van der Waals surface area contributed by atoms with E-state index in [0.29, 0.717) is 24.8 Å². The number of hydrogen-bond donors (Lipinski definition) is 1. The van der Waals surface area contributed by atoms with Crippen molar-refractivity contribution in [1.82, 2.24) is 15.2 Å². The molecule has 1 saturated heterocycles. The molecule has 0 unspecified atom stereocenters. The summed E-state index contributed by atoms with van der Waals surface area (Å²) in [7, 11) is 0. The van der Waals surface area contributed by atoms with E-state index in [1.807, 2.05) is 30.3 Å². The van der Waals surface area contributed by atoms with Gasteiger partial charge in [0.1, 0.15) is 5.82 Å². The Morgan fingerprint density at radius 2 is 1.80 bits per heavy atom. The first-order valence-electron chi connectivity index (χ1n) is 11.3. The Kier molecular flexibility index (Phi) is 7.11. The van der Waals surface area contributed by atoms with Crippen molar-refractivity contribution in [2.24, 2.45) is 11.8 Å². The molecule has 1 aliphatic carbocycles. The zero-order valence-electron chi connectivity index (χ0n) is 17.6. The minimum absolute atomic E-state index is 0.0456. The number of amides is 1. The Hall–Kier alpha value is -2.27. The van der Waals surface area contributed by atoms with Crippen LogP contribution in [0.2, 0.25) is 0 Å². The van der Waals surface area contributed by atoms with Gasteiger partial charge in [-0.3, -0.25) is 14.7 Å². The summed E-state index contributed by atoms with van der Waals surface area (Å²) in [5.74, 6) is 0.915. The quantitative estimate of drug-likeness (QED) is 0.710. The number of halogens is 1. The van der Waals surface area contributed by atoms with Crippen LogP contribution in [-0.2, 0) is 11.3 Å². The van der Waals surface area contributed by atoms with Crippen LogP contribution in [0.4, 0.5) is 4.39 Å². The lowest BCUT2D eigenvalue weighted by atomic mass is 9.86. The standard InChI is InChI=1S/C25H32FN3O/c26-22-10-4-3-9-21(22)18-29-15-12-20(13-16-29)25(23-11-5-6-14-27-23)28-24(30)17-19-7-1-2-8-19/h3-6,9-11,14,19-20,25H,1-2,7-8,12-13,15-18H2,(H,28,30)/t25-/m0/s1. The van der Waals surface area contributed by atoms with E-state index in [9.17, 15) is 9.18 Å². The van der Waals surface area contributed by atoms with E-state index in [-0.39, 0.29) is 17.8 Å². The normalized spacial score (nSPS) is 19.6. The molecule has 1 amide bonds. The van der Waals surface area contributed by atoms with Gasteiger partial charge in [-0.25, -0.2) is 4.39 Å². The van der Waals surface area contributed by atoms with E-state index in [1.54, 1.807) is 12.3 Å². The third-order valence-corrected chi connectivity index (χ3v) is 6.73. The zero-order chi connectivity index (χ0) is 20.8. The van der Waals surface area contributed by atoms with E-state index < -0.39 is 0 Å². The van der Waals surface area contributed by atoms with Gasteiger partial charge >= 0.3 is 0 Å². The van der Waals surface area contributed by atoms with E-state index in [0.717, 1.165) is 37.2 Å². The number of carbonyl (C=O) groups is 1. The molecule has 160 valence electrons. The molecule has 0 spiro atoms. The molecular weight excluding hydrogens is 377 g/mol. The summed E-state index contributed by atoms with van der Waals surface area (Å²) in [5, 5.41) is 3.32. The van der Waals surface area contributed by atoms with Crippen LogP contribution in [0.3, 0.4) is 0 Å². The van der Waals surface area contributed by atoms with Crippen molar-refractivity contribution in [3.63, 3.8) is 0 Å². The Bertz CT molecular complexity index is 814. The van der Waals surface area contributed by atoms with Crippen LogP contribution in [0.5, 0.6) is 0 Å². The first-order valence-corrected chi connectivity index (χ1v) is 11.3. The summed E-state index contributed by atoms with van der Waals surface area (Å²) >= 11 is 0. The van der Waals surface area contributed by atoms with Crippen molar-refractivity contribution in [3.05, 3.63) is 65.7 Å². The summed E-state index contributed by atoms with van der Waals surface area (Å²) in [6.45, 7) is 2.45. The topological polar surface area (TPSA) is 45.2 Å². The predicted octanol–water partition coefficient (Wildman–Crippen LogP) is 4.87. The largest absolute Gasteiger partial charge is 0.347 e. The van der Waals surface area contributed by atoms with Crippen molar-refractivity contribution in [2.45, 2.75) is 57.5 Å².